The van der Waals surface area contributed by atoms with E-state index in [0.29, 0.717) is 10.7 Å². The first kappa shape index (κ1) is 16.4. The molecular formula is C15H16N4O4S2. The lowest BCUT2D eigenvalue weighted by Crippen LogP contribution is -2.43. The fourth-order valence-corrected chi connectivity index (χ4v) is 5.56. The molecule has 10 heteroatoms. The van der Waals surface area contributed by atoms with Crippen LogP contribution in [-0.4, -0.2) is 42.2 Å². The van der Waals surface area contributed by atoms with Crippen molar-refractivity contribution in [2.24, 2.45) is 0 Å². The summed E-state index contributed by atoms with van der Waals surface area (Å²) in [7, 11) is -2.05. The number of hydrogen-bond donors (Lipinski definition) is 2. The molecule has 1 amide bonds. The van der Waals surface area contributed by atoms with Crippen LogP contribution >= 0.6 is 11.3 Å². The van der Waals surface area contributed by atoms with Crippen LogP contribution in [-0.2, 0) is 10.0 Å². The zero-order valence-corrected chi connectivity index (χ0v) is 15.0. The summed E-state index contributed by atoms with van der Waals surface area (Å²) in [4.78, 5) is 32.3. The summed E-state index contributed by atoms with van der Waals surface area (Å²) in [6, 6.07) is 1.03. The van der Waals surface area contributed by atoms with E-state index in [1.807, 2.05) is 0 Å². The summed E-state index contributed by atoms with van der Waals surface area (Å²) < 4.78 is 25.8. The maximum absolute atomic E-state index is 12.5. The van der Waals surface area contributed by atoms with Crippen LogP contribution in [0, 0.1) is 0 Å². The molecule has 3 heterocycles. The maximum atomic E-state index is 12.5. The van der Waals surface area contributed by atoms with Crippen LogP contribution in [0.25, 0.3) is 0 Å². The third-order valence-electron chi connectivity index (χ3n) is 4.43. The van der Waals surface area contributed by atoms with Crippen molar-refractivity contribution in [2.45, 2.75) is 29.7 Å². The van der Waals surface area contributed by atoms with Gasteiger partial charge in [-0.05, 0) is 24.3 Å². The van der Waals surface area contributed by atoms with Gasteiger partial charge in [0.1, 0.15) is 11.4 Å². The van der Waals surface area contributed by atoms with Gasteiger partial charge in [-0.15, -0.1) is 11.3 Å². The van der Waals surface area contributed by atoms with E-state index in [1.54, 1.807) is 5.38 Å². The summed E-state index contributed by atoms with van der Waals surface area (Å²) in [5.41, 5.74) is -0.545. The fourth-order valence-electron chi connectivity index (χ4n) is 2.86. The third kappa shape index (κ3) is 2.79. The monoisotopic (exact) mass is 380 g/mol. The topological polar surface area (TPSA) is 112 Å². The maximum Gasteiger partial charge on any atom is 0.263 e. The standard InChI is InChI=1S/C15H16N4O4S2/c1-19-7-10(12-11(4-5-24-12)25(19,22)23)17-14(20)9-6-16-13(8-2-3-8)18-15(9)21/h4-6,8,10H,2-3,7H2,1H3,(H,17,20)(H,16,18,21)/t10-/m0/s1. The molecule has 0 aromatic carbocycles. The number of amides is 1. The molecule has 8 nitrogen and oxygen atoms in total. The van der Waals surface area contributed by atoms with Crippen LogP contribution in [0.5, 0.6) is 0 Å². The van der Waals surface area contributed by atoms with Gasteiger partial charge in [0.15, 0.2) is 0 Å². The highest BCUT2D eigenvalue weighted by molar-refractivity contribution is 7.89. The van der Waals surface area contributed by atoms with Crippen molar-refractivity contribution in [3.8, 4) is 0 Å². The number of carbonyl (C=O) groups is 1. The van der Waals surface area contributed by atoms with Gasteiger partial charge < -0.3 is 10.3 Å². The SMILES string of the molecule is CN1C[C@H](NC(=O)c2cnc(C3CC3)[nH]c2=O)c2sccc2S1(=O)=O. The second-order valence-electron chi connectivity index (χ2n) is 6.25. The van der Waals surface area contributed by atoms with Gasteiger partial charge in [-0.1, -0.05) is 0 Å². The van der Waals surface area contributed by atoms with E-state index in [0.717, 1.165) is 12.8 Å². The van der Waals surface area contributed by atoms with Gasteiger partial charge in [0.05, 0.1) is 10.9 Å². The van der Waals surface area contributed by atoms with E-state index < -0.39 is 27.5 Å². The number of nitrogens with zero attached hydrogens (tertiary/aromatic N) is 2. The quantitative estimate of drug-likeness (QED) is 0.818. The first-order chi connectivity index (χ1) is 11.9. The van der Waals surface area contributed by atoms with E-state index >= 15 is 0 Å². The second-order valence-corrected chi connectivity index (χ2v) is 9.21. The average Bonchev–Trinajstić information content (AvgIpc) is 3.28. The number of aromatic amines is 1. The minimum absolute atomic E-state index is 0.0708. The summed E-state index contributed by atoms with van der Waals surface area (Å²) in [5.74, 6) is 0.342. The van der Waals surface area contributed by atoms with E-state index in [2.05, 4.69) is 15.3 Å². The summed E-state index contributed by atoms with van der Waals surface area (Å²) in [6.07, 6.45) is 3.29. The number of nitrogens with one attached hydrogen (secondary N) is 2. The molecule has 0 saturated heterocycles. The van der Waals surface area contributed by atoms with Crippen molar-refractivity contribution in [1.29, 1.82) is 0 Å². The van der Waals surface area contributed by atoms with Crippen molar-refractivity contribution >= 4 is 27.3 Å². The number of fused-ring (bicyclic) bond motifs is 1. The number of likely N-dealkylation sites (N-methyl/N-ethyl adjacent to an activating group) is 1. The van der Waals surface area contributed by atoms with Gasteiger partial charge in [0, 0.05) is 30.6 Å². The molecule has 1 aliphatic heterocycles. The number of thiophene rings is 1. The molecule has 2 aliphatic rings. The zero-order valence-electron chi connectivity index (χ0n) is 13.4. The Morgan fingerprint density at radius 2 is 2.20 bits per heavy atom. The first-order valence-corrected chi connectivity index (χ1v) is 10.1. The summed E-state index contributed by atoms with van der Waals surface area (Å²) in [5, 5.41) is 4.44. The van der Waals surface area contributed by atoms with E-state index in [1.165, 1.54) is 35.0 Å². The molecule has 4 rings (SSSR count). The minimum atomic E-state index is -3.51. The molecule has 1 saturated carbocycles. The Balaban J connectivity index is 1.60. The highest BCUT2D eigenvalue weighted by Gasteiger charge is 2.37. The Bertz CT molecular complexity index is 1010. The van der Waals surface area contributed by atoms with Gasteiger partial charge in [0.25, 0.3) is 11.5 Å². The molecule has 1 atom stereocenters. The average molecular weight is 380 g/mol. The largest absolute Gasteiger partial charge is 0.343 e. The van der Waals surface area contributed by atoms with Crippen molar-refractivity contribution in [3.05, 3.63) is 44.3 Å². The molecule has 2 aromatic heterocycles. The number of rotatable bonds is 3. The highest BCUT2D eigenvalue weighted by atomic mass is 32.2. The van der Waals surface area contributed by atoms with Crippen LogP contribution in [0.2, 0.25) is 0 Å². The zero-order chi connectivity index (χ0) is 17.8. The van der Waals surface area contributed by atoms with Crippen LogP contribution in [0.1, 0.15) is 45.9 Å². The molecule has 2 aromatic rings. The van der Waals surface area contributed by atoms with Crippen LogP contribution in [0.4, 0.5) is 0 Å². The van der Waals surface area contributed by atoms with E-state index in [4.69, 9.17) is 0 Å². The lowest BCUT2D eigenvalue weighted by atomic mass is 10.2. The number of sulfonamides is 1. The number of hydrogen-bond acceptors (Lipinski definition) is 6. The fraction of sp³-hybridized carbons (Fsp3) is 0.400. The van der Waals surface area contributed by atoms with Crippen molar-refractivity contribution in [1.82, 2.24) is 19.6 Å². The lowest BCUT2D eigenvalue weighted by molar-refractivity contribution is 0.0929. The number of aromatic nitrogens is 2. The predicted molar refractivity (Wildman–Crippen MR) is 91.2 cm³/mol. The number of H-pyrrole nitrogens is 1. The minimum Gasteiger partial charge on any atom is -0.343 e. The molecular weight excluding hydrogens is 364 g/mol. The van der Waals surface area contributed by atoms with Crippen molar-refractivity contribution < 1.29 is 13.2 Å². The first-order valence-electron chi connectivity index (χ1n) is 7.81. The lowest BCUT2D eigenvalue weighted by Gasteiger charge is -2.29. The van der Waals surface area contributed by atoms with Crippen molar-refractivity contribution in [3.63, 3.8) is 0 Å². The molecule has 0 unspecified atom stereocenters. The van der Waals surface area contributed by atoms with Gasteiger partial charge in [-0.2, -0.15) is 4.31 Å². The smallest absolute Gasteiger partial charge is 0.263 e. The van der Waals surface area contributed by atoms with Gasteiger partial charge in [0.2, 0.25) is 10.0 Å². The molecule has 25 heavy (non-hydrogen) atoms. The highest BCUT2D eigenvalue weighted by Crippen LogP contribution is 2.37. The molecule has 1 aliphatic carbocycles. The Morgan fingerprint density at radius 1 is 1.44 bits per heavy atom. The van der Waals surface area contributed by atoms with Crippen molar-refractivity contribution in [2.75, 3.05) is 13.6 Å². The van der Waals surface area contributed by atoms with Gasteiger partial charge in [-0.3, -0.25) is 9.59 Å². The molecule has 132 valence electrons. The Morgan fingerprint density at radius 3 is 2.88 bits per heavy atom. The summed E-state index contributed by atoms with van der Waals surface area (Å²) >= 11 is 1.27. The molecule has 0 radical (unpaired) electrons. The molecule has 0 spiro atoms. The van der Waals surface area contributed by atoms with Gasteiger partial charge >= 0.3 is 0 Å². The van der Waals surface area contributed by atoms with Crippen LogP contribution < -0.4 is 10.9 Å². The number of carbonyl (C=O) groups excluding carboxylic acids is 1. The molecule has 1 fully saturated rings. The summed E-state index contributed by atoms with van der Waals surface area (Å²) in [6.45, 7) is 0.118. The second kappa shape index (κ2) is 5.75. The predicted octanol–water partition coefficient (Wildman–Crippen LogP) is 0.814. The van der Waals surface area contributed by atoms with E-state index in [-0.39, 0.29) is 22.9 Å². The Labute approximate surface area is 148 Å². The Kier molecular flexibility index (Phi) is 3.78. The molecule has 2 N–H and O–H groups in total. The van der Waals surface area contributed by atoms with Gasteiger partial charge in [-0.25, -0.2) is 13.4 Å². The van der Waals surface area contributed by atoms with Crippen LogP contribution in [0.15, 0.2) is 27.3 Å². The van der Waals surface area contributed by atoms with E-state index in [9.17, 15) is 18.0 Å². The Hall–Kier alpha value is -2.04. The van der Waals surface area contributed by atoms with Crippen LogP contribution in [0.3, 0.4) is 0 Å². The third-order valence-corrected chi connectivity index (χ3v) is 7.48. The molecule has 0 bridgehead atoms. The normalized spacial score (nSPS) is 22.4.